The van der Waals surface area contributed by atoms with Crippen LogP contribution in [0.2, 0.25) is 0 Å². The smallest absolute Gasteiger partial charge is 0.411 e. The van der Waals surface area contributed by atoms with Gasteiger partial charge in [-0.1, -0.05) is 65.7 Å². The van der Waals surface area contributed by atoms with Crippen LogP contribution in [0.25, 0.3) is 11.1 Å². The molecular weight excluding hydrogens is 512 g/mol. The monoisotopic (exact) mass is 534 g/mol. The van der Waals surface area contributed by atoms with Gasteiger partial charge in [-0.15, -0.1) is 0 Å². The Kier molecular flexibility index (Phi) is 6.24. The van der Waals surface area contributed by atoms with E-state index in [2.05, 4.69) is 5.32 Å². The summed E-state index contributed by atoms with van der Waals surface area (Å²) >= 11 is 0. The van der Waals surface area contributed by atoms with Crippen LogP contribution in [0.4, 0.5) is 10.5 Å². The van der Waals surface area contributed by atoms with Gasteiger partial charge in [0.2, 0.25) is 0 Å². The molecule has 2 aliphatic rings. The first kappa shape index (κ1) is 24.9. The number of ether oxygens (including phenoxy) is 2. The molecule has 0 fully saturated rings. The number of hydrogen-bond donors (Lipinski definition) is 1. The molecule has 1 N–H and O–H groups in total. The van der Waals surface area contributed by atoms with Crippen molar-refractivity contribution < 1.29 is 33.5 Å². The average molecular weight is 535 g/mol. The number of amides is 3. The number of rotatable bonds is 6. The highest BCUT2D eigenvalue weighted by molar-refractivity contribution is 6.21. The number of carbonyl (C=O) groups excluding carboxylic acids is 4. The highest BCUT2D eigenvalue weighted by Gasteiger charge is 2.39. The van der Waals surface area contributed by atoms with E-state index in [-0.39, 0.29) is 34.9 Å². The van der Waals surface area contributed by atoms with Gasteiger partial charge in [-0.3, -0.25) is 14.9 Å². The van der Waals surface area contributed by atoms with Crippen molar-refractivity contribution in [1.82, 2.24) is 5.06 Å². The summed E-state index contributed by atoms with van der Waals surface area (Å²) in [5, 5.41) is 2.98. The van der Waals surface area contributed by atoms with Crippen LogP contribution in [0.15, 0.2) is 91.0 Å². The molecule has 0 saturated carbocycles. The molecule has 0 radical (unpaired) electrons. The quantitative estimate of drug-likeness (QED) is 0.329. The normalized spacial score (nSPS) is 13.4. The fourth-order valence-electron chi connectivity index (χ4n) is 5.06. The van der Waals surface area contributed by atoms with Crippen molar-refractivity contribution in [3.63, 3.8) is 0 Å². The topological polar surface area (TPSA) is 111 Å². The first-order valence-corrected chi connectivity index (χ1v) is 12.5. The Bertz CT molecular complexity index is 1620. The maximum absolute atomic E-state index is 13.1. The van der Waals surface area contributed by atoms with Gasteiger partial charge < -0.3 is 14.3 Å². The lowest BCUT2D eigenvalue weighted by Gasteiger charge is -2.17. The Morgan fingerprint density at radius 1 is 0.775 bits per heavy atom. The highest BCUT2D eigenvalue weighted by Crippen LogP contribution is 2.44. The van der Waals surface area contributed by atoms with Gasteiger partial charge in [-0.25, -0.2) is 9.59 Å². The predicted molar refractivity (Wildman–Crippen MR) is 144 cm³/mol. The van der Waals surface area contributed by atoms with Gasteiger partial charge in [0.15, 0.2) is 0 Å². The lowest BCUT2D eigenvalue weighted by molar-refractivity contribution is -0.0583. The zero-order valence-corrected chi connectivity index (χ0v) is 21.2. The third-order valence-corrected chi connectivity index (χ3v) is 6.96. The fraction of sp³-hybridized carbons (Fsp3) is 0.0968. The molecule has 3 amide bonds. The maximum Gasteiger partial charge on any atom is 0.411 e. The van der Waals surface area contributed by atoms with Crippen molar-refractivity contribution in [3.8, 4) is 16.9 Å². The summed E-state index contributed by atoms with van der Waals surface area (Å²) in [5.41, 5.74) is 4.49. The first-order valence-electron chi connectivity index (χ1n) is 12.5. The molecule has 198 valence electrons. The second kappa shape index (κ2) is 10.0. The second-order valence-corrected chi connectivity index (χ2v) is 9.19. The number of imide groups is 1. The average Bonchev–Trinajstić information content (AvgIpc) is 3.43. The van der Waals surface area contributed by atoms with Gasteiger partial charge in [-0.05, 0) is 46.5 Å². The predicted octanol–water partition coefficient (Wildman–Crippen LogP) is 5.42. The van der Waals surface area contributed by atoms with Gasteiger partial charge in [0, 0.05) is 12.0 Å². The van der Waals surface area contributed by atoms with Crippen LogP contribution in [0.3, 0.4) is 0 Å². The molecule has 0 unspecified atom stereocenters. The van der Waals surface area contributed by atoms with E-state index in [1.165, 1.54) is 37.4 Å². The number of nitrogens with zero attached hydrogens (tertiary/aromatic N) is 1. The van der Waals surface area contributed by atoms with Gasteiger partial charge >= 0.3 is 12.1 Å². The summed E-state index contributed by atoms with van der Waals surface area (Å²) in [5.74, 6) is -2.33. The largest absolute Gasteiger partial charge is 0.497 e. The molecule has 0 aromatic heterocycles. The summed E-state index contributed by atoms with van der Waals surface area (Å²) < 4.78 is 10.8. The van der Waals surface area contributed by atoms with Crippen LogP contribution in [-0.2, 0) is 9.57 Å². The lowest BCUT2D eigenvalue weighted by Crippen LogP contribution is -2.33. The summed E-state index contributed by atoms with van der Waals surface area (Å²) in [6, 6.07) is 26.3. The number of anilines is 1. The van der Waals surface area contributed by atoms with Crippen molar-refractivity contribution in [2.24, 2.45) is 0 Å². The molecule has 0 spiro atoms. The standard InChI is InChI=1S/C31H22N2O7/c1-38-18-14-15-25(30(36)40-33-28(34)23-12-6-7-13-24(23)29(33)35)27(16-18)32-31(37)39-17-26-21-10-4-2-8-19(21)20-9-3-5-11-22(20)26/h2-16,26H,17H2,1H3,(H,32,37). The van der Waals surface area contributed by atoms with Crippen molar-refractivity contribution in [2.75, 3.05) is 19.0 Å². The minimum Gasteiger partial charge on any atom is -0.497 e. The Morgan fingerprint density at radius 3 is 1.90 bits per heavy atom. The SMILES string of the molecule is COc1ccc(C(=O)ON2C(=O)c3ccccc3C2=O)c(NC(=O)OCC2c3ccccc3-c3ccccc32)c1. The molecular formula is C31H22N2O7. The van der Waals surface area contributed by atoms with Crippen molar-refractivity contribution in [2.45, 2.75) is 5.92 Å². The van der Waals surface area contributed by atoms with Crippen molar-refractivity contribution >= 4 is 29.6 Å². The molecule has 0 saturated heterocycles. The van der Waals surface area contributed by atoms with E-state index in [4.69, 9.17) is 14.3 Å². The lowest BCUT2D eigenvalue weighted by atomic mass is 9.98. The van der Waals surface area contributed by atoms with Gasteiger partial charge in [0.05, 0.1) is 29.5 Å². The van der Waals surface area contributed by atoms with Gasteiger partial charge in [0.1, 0.15) is 12.4 Å². The Hall–Kier alpha value is -5.44. The zero-order chi connectivity index (χ0) is 27.8. The number of hydrogen-bond acceptors (Lipinski definition) is 7. The molecule has 1 aliphatic heterocycles. The van der Waals surface area contributed by atoms with Crippen LogP contribution in [0.1, 0.15) is 48.1 Å². The highest BCUT2D eigenvalue weighted by atomic mass is 16.7. The first-order chi connectivity index (χ1) is 19.5. The molecule has 9 heteroatoms. The molecule has 0 atom stereocenters. The summed E-state index contributed by atoms with van der Waals surface area (Å²) in [7, 11) is 1.43. The molecule has 6 rings (SSSR count). The number of benzene rings is 4. The molecule has 1 heterocycles. The van der Waals surface area contributed by atoms with Crippen LogP contribution in [-0.4, -0.2) is 42.7 Å². The maximum atomic E-state index is 13.1. The number of nitrogens with one attached hydrogen (secondary N) is 1. The van der Waals surface area contributed by atoms with Crippen LogP contribution in [0, 0.1) is 0 Å². The molecule has 0 bridgehead atoms. The van der Waals surface area contributed by atoms with Crippen molar-refractivity contribution in [1.29, 1.82) is 0 Å². The number of methoxy groups -OCH3 is 1. The summed E-state index contributed by atoms with van der Waals surface area (Å²) in [6.07, 6.45) is -0.801. The Morgan fingerprint density at radius 2 is 1.32 bits per heavy atom. The van der Waals surface area contributed by atoms with E-state index in [0.717, 1.165) is 22.3 Å². The van der Waals surface area contributed by atoms with E-state index in [0.29, 0.717) is 10.8 Å². The van der Waals surface area contributed by atoms with E-state index in [9.17, 15) is 19.2 Å². The molecule has 1 aliphatic carbocycles. The van der Waals surface area contributed by atoms with E-state index >= 15 is 0 Å². The third-order valence-electron chi connectivity index (χ3n) is 6.96. The van der Waals surface area contributed by atoms with E-state index < -0.39 is 23.9 Å². The van der Waals surface area contributed by atoms with Crippen LogP contribution in [0.5, 0.6) is 5.75 Å². The molecule has 9 nitrogen and oxygen atoms in total. The molecule has 4 aromatic rings. The summed E-state index contributed by atoms with van der Waals surface area (Å²) in [6.45, 7) is 0.0681. The second-order valence-electron chi connectivity index (χ2n) is 9.19. The van der Waals surface area contributed by atoms with Crippen LogP contribution >= 0.6 is 0 Å². The van der Waals surface area contributed by atoms with Gasteiger partial charge in [0.25, 0.3) is 11.8 Å². The minimum absolute atomic E-state index is 0.0261. The van der Waals surface area contributed by atoms with E-state index in [1.54, 1.807) is 12.1 Å². The van der Waals surface area contributed by atoms with Gasteiger partial charge in [-0.2, -0.15) is 0 Å². The number of fused-ring (bicyclic) bond motifs is 4. The zero-order valence-electron chi connectivity index (χ0n) is 21.2. The van der Waals surface area contributed by atoms with Crippen molar-refractivity contribution in [3.05, 3.63) is 119 Å². The number of hydroxylamine groups is 2. The van der Waals surface area contributed by atoms with Crippen LogP contribution < -0.4 is 10.1 Å². The van der Waals surface area contributed by atoms with E-state index in [1.807, 2.05) is 48.5 Å². The molecule has 4 aromatic carbocycles. The Balaban J connectivity index is 1.19. The fourth-order valence-corrected chi connectivity index (χ4v) is 5.06. The Labute approximate surface area is 228 Å². The minimum atomic E-state index is -1.02. The summed E-state index contributed by atoms with van der Waals surface area (Å²) in [4.78, 5) is 56.5. The number of carbonyl (C=O) groups is 4. The third kappa shape index (κ3) is 4.23. The molecule has 40 heavy (non-hydrogen) atoms.